The van der Waals surface area contributed by atoms with Gasteiger partial charge in [0.05, 0.1) is 5.69 Å². The first-order chi connectivity index (χ1) is 11.1. The summed E-state index contributed by atoms with van der Waals surface area (Å²) in [4.78, 5) is 26.0. The number of aromatic amines is 1. The van der Waals surface area contributed by atoms with E-state index in [9.17, 15) is 9.59 Å². The van der Waals surface area contributed by atoms with Crippen LogP contribution < -0.4 is 5.56 Å². The molecule has 1 saturated carbocycles. The lowest BCUT2D eigenvalue weighted by Crippen LogP contribution is -2.07. The van der Waals surface area contributed by atoms with E-state index in [0.29, 0.717) is 11.5 Å². The fraction of sp³-hybridized carbons (Fsp3) is 0.389. The zero-order valence-corrected chi connectivity index (χ0v) is 13.3. The molecule has 3 rings (SSSR count). The molecule has 23 heavy (non-hydrogen) atoms. The molecule has 0 spiro atoms. The molecule has 0 unspecified atom stereocenters. The van der Waals surface area contributed by atoms with Crippen molar-refractivity contribution in [1.29, 1.82) is 0 Å². The Labute approximate surface area is 135 Å². The number of allylic oxidation sites excluding steroid dienone is 1. The molecule has 2 aromatic rings. The average molecular weight is 311 g/mol. The molecule has 0 bridgehead atoms. The summed E-state index contributed by atoms with van der Waals surface area (Å²) in [6.45, 7) is 0. The summed E-state index contributed by atoms with van der Waals surface area (Å²) in [6, 6.07) is 2.93. The number of carbonyl (C=O) groups excluding carboxylic acids is 1. The predicted molar refractivity (Wildman–Crippen MR) is 89.5 cm³/mol. The molecule has 1 aliphatic carbocycles. The number of pyridine rings is 1. The molecule has 0 radical (unpaired) electrons. The van der Waals surface area contributed by atoms with Crippen LogP contribution in [0.15, 0.2) is 35.4 Å². The van der Waals surface area contributed by atoms with Crippen molar-refractivity contribution >= 4 is 11.9 Å². The van der Waals surface area contributed by atoms with Crippen molar-refractivity contribution in [2.75, 3.05) is 0 Å². The predicted octanol–water partition coefficient (Wildman–Crippen LogP) is 3.05. The van der Waals surface area contributed by atoms with Gasteiger partial charge < -0.3 is 4.98 Å². The molecule has 2 aromatic heterocycles. The molecule has 5 nitrogen and oxygen atoms in total. The number of hydrogen-bond acceptors (Lipinski definition) is 3. The third-order valence-corrected chi connectivity index (χ3v) is 4.35. The van der Waals surface area contributed by atoms with Crippen molar-refractivity contribution in [2.24, 2.45) is 7.05 Å². The van der Waals surface area contributed by atoms with Gasteiger partial charge in [-0.1, -0.05) is 19.3 Å². The summed E-state index contributed by atoms with van der Waals surface area (Å²) < 4.78 is 1.81. The quantitative estimate of drug-likeness (QED) is 0.697. The topological polar surface area (TPSA) is 67.8 Å². The molecule has 5 heteroatoms. The molecule has 120 valence electrons. The number of hydrogen-bond donors (Lipinski definition) is 1. The van der Waals surface area contributed by atoms with E-state index in [1.54, 1.807) is 10.7 Å². The Morgan fingerprint density at radius 2 is 2.13 bits per heavy atom. The zero-order valence-electron chi connectivity index (χ0n) is 13.3. The highest BCUT2D eigenvalue weighted by Gasteiger charge is 2.20. The van der Waals surface area contributed by atoms with E-state index in [2.05, 4.69) is 10.1 Å². The molecule has 1 aliphatic rings. The van der Waals surface area contributed by atoms with Gasteiger partial charge in [0.2, 0.25) is 5.56 Å². The number of ketones is 1. The van der Waals surface area contributed by atoms with E-state index in [1.165, 1.54) is 50.4 Å². The maximum absolute atomic E-state index is 12.2. The Morgan fingerprint density at radius 1 is 1.35 bits per heavy atom. The van der Waals surface area contributed by atoms with E-state index in [4.69, 9.17) is 0 Å². The third kappa shape index (κ3) is 3.67. The molecule has 0 aliphatic heterocycles. The first kappa shape index (κ1) is 15.5. The van der Waals surface area contributed by atoms with Crippen LogP contribution in [0.1, 0.15) is 59.6 Å². The van der Waals surface area contributed by atoms with Crippen molar-refractivity contribution in [1.82, 2.24) is 14.8 Å². The number of nitrogens with one attached hydrogen (secondary N) is 1. The molecule has 0 saturated heterocycles. The number of nitrogens with zero attached hydrogens (tertiary/aromatic N) is 2. The largest absolute Gasteiger partial charge is 0.329 e. The van der Waals surface area contributed by atoms with Crippen LogP contribution in [0.25, 0.3) is 6.08 Å². The van der Waals surface area contributed by atoms with Gasteiger partial charge in [0.1, 0.15) is 0 Å². The van der Waals surface area contributed by atoms with Gasteiger partial charge in [-0.3, -0.25) is 14.3 Å². The highest BCUT2D eigenvalue weighted by atomic mass is 16.1. The maximum Gasteiger partial charge on any atom is 0.248 e. The Kier molecular flexibility index (Phi) is 4.55. The van der Waals surface area contributed by atoms with E-state index in [0.717, 1.165) is 11.3 Å². The van der Waals surface area contributed by atoms with Gasteiger partial charge in [-0.05, 0) is 31.1 Å². The molecule has 0 atom stereocenters. The zero-order chi connectivity index (χ0) is 16.2. The van der Waals surface area contributed by atoms with E-state index in [-0.39, 0.29) is 11.3 Å². The fourth-order valence-corrected chi connectivity index (χ4v) is 3.21. The fourth-order valence-electron chi connectivity index (χ4n) is 3.21. The number of aryl methyl sites for hydroxylation is 1. The van der Waals surface area contributed by atoms with Crippen LogP contribution in [-0.4, -0.2) is 20.5 Å². The van der Waals surface area contributed by atoms with Gasteiger partial charge in [0, 0.05) is 42.6 Å². The lowest BCUT2D eigenvalue weighted by molar-refractivity contribution is 0.104. The second kappa shape index (κ2) is 6.77. The summed E-state index contributed by atoms with van der Waals surface area (Å²) in [5, 5.41) is 4.60. The second-order valence-electron chi connectivity index (χ2n) is 6.12. The lowest BCUT2D eigenvalue weighted by Gasteiger charge is -2.20. The second-order valence-corrected chi connectivity index (χ2v) is 6.12. The first-order valence-electron chi connectivity index (χ1n) is 8.08. The lowest BCUT2D eigenvalue weighted by atomic mass is 9.85. The van der Waals surface area contributed by atoms with Crippen LogP contribution in [0.5, 0.6) is 0 Å². The number of carbonyl (C=O) groups is 1. The van der Waals surface area contributed by atoms with E-state index in [1.807, 2.05) is 19.3 Å². The van der Waals surface area contributed by atoms with Crippen molar-refractivity contribution in [3.63, 3.8) is 0 Å². The van der Waals surface area contributed by atoms with E-state index >= 15 is 0 Å². The number of H-pyrrole nitrogens is 1. The standard InChI is InChI=1S/C18H21N3O2/c1-21-12-15(18(20-21)13-5-3-2-4-6-13)7-8-16(22)14-9-10-19-17(23)11-14/h7-13H,2-6H2,1H3,(H,19,23). The van der Waals surface area contributed by atoms with Crippen molar-refractivity contribution in [3.8, 4) is 0 Å². The molecule has 1 N–H and O–H groups in total. The number of rotatable bonds is 4. The molecule has 1 fully saturated rings. The summed E-state index contributed by atoms with van der Waals surface area (Å²) in [5.74, 6) is 0.314. The summed E-state index contributed by atoms with van der Waals surface area (Å²) >= 11 is 0. The van der Waals surface area contributed by atoms with Gasteiger partial charge in [-0.15, -0.1) is 0 Å². The minimum atomic E-state index is -0.270. The monoisotopic (exact) mass is 311 g/mol. The van der Waals surface area contributed by atoms with Gasteiger partial charge in [-0.25, -0.2) is 0 Å². The van der Waals surface area contributed by atoms with Gasteiger partial charge in [0.15, 0.2) is 5.78 Å². The highest BCUT2D eigenvalue weighted by Crippen LogP contribution is 2.33. The number of aromatic nitrogens is 3. The summed E-state index contributed by atoms with van der Waals surface area (Å²) in [7, 11) is 1.90. The van der Waals surface area contributed by atoms with Crippen LogP contribution in [-0.2, 0) is 7.05 Å². The van der Waals surface area contributed by atoms with Crippen LogP contribution in [0, 0.1) is 0 Å². The maximum atomic E-state index is 12.2. The molecular weight excluding hydrogens is 290 g/mol. The van der Waals surface area contributed by atoms with Crippen LogP contribution >= 0.6 is 0 Å². The van der Waals surface area contributed by atoms with Crippen LogP contribution in [0.2, 0.25) is 0 Å². The minimum Gasteiger partial charge on any atom is -0.329 e. The third-order valence-electron chi connectivity index (χ3n) is 4.35. The Morgan fingerprint density at radius 3 is 2.87 bits per heavy atom. The molecule has 0 amide bonds. The van der Waals surface area contributed by atoms with Crippen molar-refractivity contribution in [2.45, 2.75) is 38.0 Å². The molecule has 2 heterocycles. The van der Waals surface area contributed by atoms with Gasteiger partial charge >= 0.3 is 0 Å². The summed E-state index contributed by atoms with van der Waals surface area (Å²) in [6.07, 6.45) is 12.9. The van der Waals surface area contributed by atoms with Gasteiger partial charge in [-0.2, -0.15) is 5.10 Å². The Hall–Kier alpha value is -2.43. The Bertz CT molecular complexity index is 780. The van der Waals surface area contributed by atoms with Gasteiger partial charge in [0.25, 0.3) is 0 Å². The van der Waals surface area contributed by atoms with Crippen molar-refractivity contribution in [3.05, 3.63) is 57.8 Å². The minimum absolute atomic E-state index is 0.172. The molecular formula is C18H21N3O2. The summed E-state index contributed by atoms with van der Waals surface area (Å²) in [5.41, 5.74) is 2.21. The average Bonchev–Trinajstić information content (AvgIpc) is 2.94. The van der Waals surface area contributed by atoms with E-state index < -0.39 is 0 Å². The molecule has 0 aromatic carbocycles. The van der Waals surface area contributed by atoms with Crippen LogP contribution in [0.4, 0.5) is 0 Å². The highest BCUT2D eigenvalue weighted by molar-refractivity contribution is 6.06. The van der Waals surface area contributed by atoms with Crippen molar-refractivity contribution < 1.29 is 4.79 Å². The first-order valence-corrected chi connectivity index (χ1v) is 8.08. The normalized spacial score (nSPS) is 16.0. The SMILES string of the molecule is Cn1cc(C=CC(=O)c2cc[nH]c(=O)c2)c(C2CCCCC2)n1. The Balaban J connectivity index is 1.82. The smallest absolute Gasteiger partial charge is 0.248 e. The van der Waals surface area contributed by atoms with Crippen LogP contribution in [0.3, 0.4) is 0 Å².